The minimum absolute atomic E-state index is 0.123. The number of aliphatic hydroxyl groups is 1. The number of aromatic nitrogens is 1. The third-order valence-corrected chi connectivity index (χ3v) is 3.57. The first-order valence-electron chi connectivity index (χ1n) is 6.76. The summed E-state index contributed by atoms with van der Waals surface area (Å²) in [4.78, 5) is 22.8. The van der Waals surface area contributed by atoms with Crippen LogP contribution in [0.25, 0.3) is 10.9 Å². The molecule has 1 aromatic heterocycles. The van der Waals surface area contributed by atoms with Gasteiger partial charge in [-0.25, -0.2) is 4.79 Å². The maximum absolute atomic E-state index is 11.6. The van der Waals surface area contributed by atoms with Gasteiger partial charge in [0, 0.05) is 23.7 Å². The third-order valence-electron chi connectivity index (χ3n) is 3.57. The van der Waals surface area contributed by atoms with Crippen molar-refractivity contribution >= 4 is 23.2 Å². The molecular formula is C16H19NO4. The van der Waals surface area contributed by atoms with Crippen LogP contribution in [-0.2, 0) is 12.0 Å². The topological polar surface area (TPSA) is 79.5 Å². The van der Waals surface area contributed by atoms with Crippen LogP contribution < -0.4 is 0 Å². The molecule has 0 bridgehead atoms. The SMILES string of the molecule is CC(C)(C)c1cc(C(=O)O)c2c(c1)c(C=O)cn2CCO. The molecule has 0 amide bonds. The molecule has 0 aliphatic heterocycles. The van der Waals surface area contributed by atoms with Gasteiger partial charge in [0.25, 0.3) is 0 Å². The summed E-state index contributed by atoms with van der Waals surface area (Å²) in [6.45, 7) is 6.10. The van der Waals surface area contributed by atoms with Crippen LogP contribution in [0.3, 0.4) is 0 Å². The van der Waals surface area contributed by atoms with E-state index in [1.165, 1.54) is 0 Å². The first-order chi connectivity index (χ1) is 9.79. The van der Waals surface area contributed by atoms with E-state index in [4.69, 9.17) is 5.11 Å². The second kappa shape index (κ2) is 5.33. The Hall–Kier alpha value is -2.14. The highest BCUT2D eigenvalue weighted by molar-refractivity contribution is 6.08. The van der Waals surface area contributed by atoms with E-state index in [2.05, 4.69) is 0 Å². The normalized spacial score (nSPS) is 11.8. The molecule has 0 fully saturated rings. The lowest BCUT2D eigenvalue weighted by molar-refractivity contribution is 0.0698. The molecule has 0 spiro atoms. The lowest BCUT2D eigenvalue weighted by atomic mass is 9.85. The Morgan fingerprint density at radius 2 is 2.00 bits per heavy atom. The standard InChI is InChI=1S/C16H19NO4/c1-16(2,3)11-6-12-10(9-19)8-17(4-5-18)14(12)13(7-11)15(20)21/h6-9,18H,4-5H2,1-3H3,(H,20,21). The van der Waals surface area contributed by atoms with Crippen molar-refractivity contribution in [3.63, 3.8) is 0 Å². The number of carboxylic acid groups (broad SMARTS) is 1. The average molecular weight is 289 g/mol. The summed E-state index contributed by atoms with van der Waals surface area (Å²) in [5, 5.41) is 19.2. The van der Waals surface area contributed by atoms with Crippen molar-refractivity contribution in [1.82, 2.24) is 4.57 Å². The molecule has 1 heterocycles. The summed E-state index contributed by atoms with van der Waals surface area (Å²) in [7, 11) is 0. The predicted molar refractivity (Wildman–Crippen MR) is 80.1 cm³/mol. The van der Waals surface area contributed by atoms with Gasteiger partial charge in [0.05, 0.1) is 17.7 Å². The molecule has 0 unspecified atom stereocenters. The molecule has 0 saturated carbocycles. The Labute approximate surface area is 122 Å². The van der Waals surface area contributed by atoms with Gasteiger partial charge in [-0.05, 0) is 23.1 Å². The summed E-state index contributed by atoms with van der Waals surface area (Å²) in [5.41, 5.74) is 1.70. The first kappa shape index (κ1) is 15.3. The molecule has 0 aliphatic rings. The van der Waals surface area contributed by atoms with Crippen molar-refractivity contribution < 1.29 is 19.8 Å². The molecule has 5 heteroatoms. The molecule has 112 valence electrons. The Kier molecular flexibility index (Phi) is 3.87. The van der Waals surface area contributed by atoms with Gasteiger partial charge >= 0.3 is 5.97 Å². The van der Waals surface area contributed by atoms with Crippen LogP contribution in [0, 0.1) is 0 Å². The molecule has 0 aliphatic carbocycles. The van der Waals surface area contributed by atoms with Gasteiger partial charge in [-0.2, -0.15) is 0 Å². The molecule has 0 saturated heterocycles. The summed E-state index contributed by atoms with van der Waals surface area (Å²) >= 11 is 0. The van der Waals surface area contributed by atoms with Gasteiger partial charge in [-0.15, -0.1) is 0 Å². The number of carbonyl (C=O) groups is 2. The van der Waals surface area contributed by atoms with E-state index < -0.39 is 5.97 Å². The number of aldehydes is 1. The van der Waals surface area contributed by atoms with Gasteiger partial charge in [-0.3, -0.25) is 4.79 Å². The zero-order valence-corrected chi connectivity index (χ0v) is 12.4. The number of hydrogen-bond acceptors (Lipinski definition) is 3. The lowest BCUT2D eigenvalue weighted by Crippen LogP contribution is -2.13. The van der Waals surface area contributed by atoms with Gasteiger partial charge in [0.15, 0.2) is 6.29 Å². The van der Waals surface area contributed by atoms with E-state index in [9.17, 15) is 14.7 Å². The van der Waals surface area contributed by atoms with Crippen molar-refractivity contribution in [2.75, 3.05) is 6.61 Å². The monoisotopic (exact) mass is 289 g/mol. The Bertz CT molecular complexity index is 707. The van der Waals surface area contributed by atoms with Gasteiger partial charge in [0.1, 0.15) is 0 Å². The number of fused-ring (bicyclic) bond motifs is 1. The molecule has 2 aromatic rings. The van der Waals surface area contributed by atoms with Crippen LogP contribution in [0.15, 0.2) is 18.3 Å². The van der Waals surface area contributed by atoms with Crippen molar-refractivity contribution in [3.05, 3.63) is 35.0 Å². The van der Waals surface area contributed by atoms with Gasteiger partial charge in [0.2, 0.25) is 0 Å². The van der Waals surface area contributed by atoms with E-state index in [-0.39, 0.29) is 24.1 Å². The number of aliphatic hydroxyl groups excluding tert-OH is 1. The number of benzene rings is 1. The van der Waals surface area contributed by atoms with Crippen LogP contribution >= 0.6 is 0 Å². The van der Waals surface area contributed by atoms with E-state index in [0.29, 0.717) is 22.8 Å². The molecule has 0 atom stereocenters. The zero-order valence-electron chi connectivity index (χ0n) is 12.4. The quantitative estimate of drug-likeness (QED) is 0.847. The molecular weight excluding hydrogens is 270 g/mol. The third kappa shape index (κ3) is 2.69. The summed E-state index contributed by atoms with van der Waals surface area (Å²) in [6, 6.07) is 3.51. The highest BCUT2D eigenvalue weighted by atomic mass is 16.4. The van der Waals surface area contributed by atoms with Crippen LogP contribution in [0.1, 0.15) is 47.1 Å². The maximum atomic E-state index is 11.6. The second-order valence-corrected chi connectivity index (χ2v) is 6.09. The van der Waals surface area contributed by atoms with Crippen molar-refractivity contribution in [2.24, 2.45) is 0 Å². The first-order valence-corrected chi connectivity index (χ1v) is 6.76. The van der Waals surface area contributed by atoms with Crippen molar-refractivity contribution in [3.8, 4) is 0 Å². The molecule has 2 N–H and O–H groups in total. The highest BCUT2D eigenvalue weighted by Gasteiger charge is 2.22. The van der Waals surface area contributed by atoms with Crippen LogP contribution in [-0.4, -0.2) is 33.6 Å². The number of rotatable bonds is 4. The fourth-order valence-corrected chi connectivity index (χ4v) is 2.44. The van der Waals surface area contributed by atoms with Gasteiger partial charge in [-0.1, -0.05) is 20.8 Å². The van der Waals surface area contributed by atoms with Gasteiger partial charge < -0.3 is 14.8 Å². The summed E-state index contributed by atoms with van der Waals surface area (Å²) in [6.07, 6.45) is 2.31. The molecule has 21 heavy (non-hydrogen) atoms. The predicted octanol–water partition coefficient (Wildman–Crippen LogP) is 2.44. The van der Waals surface area contributed by atoms with Crippen LogP contribution in [0.2, 0.25) is 0 Å². The van der Waals surface area contributed by atoms with E-state index in [0.717, 1.165) is 5.56 Å². The summed E-state index contributed by atoms with van der Waals surface area (Å²) in [5.74, 6) is -1.04. The van der Waals surface area contributed by atoms with Crippen molar-refractivity contribution in [2.45, 2.75) is 32.7 Å². The molecule has 1 aromatic carbocycles. The number of nitrogens with zero attached hydrogens (tertiary/aromatic N) is 1. The molecule has 5 nitrogen and oxygen atoms in total. The van der Waals surface area contributed by atoms with Crippen LogP contribution in [0.5, 0.6) is 0 Å². The number of carbonyl (C=O) groups excluding carboxylic acids is 1. The number of aromatic carboxylic acids is 1. The Balaban J connectivity index is 2.89. The smallest absolute Gasteiger partial charge is 0.337 e. The van der Waals surface area contributed by atoms with Crippen LogP contribution in [0.4, 0.5) is 0 Å². The fraction of sp³-hybridized carbons (Fsp3) is 0.375. The Morgan fingerprint density at radius 3 is 2.48 bits per heavy atom. The average Bonchev–Trinajstić information content (AvgIpc) is 2.75. The van der Waals surface area contributed by atoms with E-state index in [1.54, 1.807) is 16.8 Å². The lowest BCUT2D eigenvalue weighted by Gasteiger charge is -2.20. The minimum Gasteiger partial charge on any atom is -0.478 e. The molecule has 2 rings (SSSR count). The number of carboxylic acids is 1. The highest BCUT2D eigenvalue weighted by Crippen LogP contribution is 2.31. The van der Waals surface area contributed by atoms with E-state index in [1.807, 2.05) is 26.8 Å². The van der Waals surface area contributed by atoms with Crippen molar-refractivity contribution in [1.29, 1.82) is 0 Å². The Morgan fingerprint density at radius 1 is 1.33 bits per heavy atom. The number of hydrogen-bond donors (Lipinski definition) is 2. The molecule has 0 radical (unpaired) electrons. The largest absolute Gasteiger partial charge is 0.478 e. The summed E-state index contributed by atoms with van der Waals surface area (Å²) < 4.78 is 1.62. The zero-order chi connectivity index (χ0) is 15.8. The fourth-order valence-electron chi connectivity index (χ4n) is 2.44. The van der Waals surface area contributed by atoms with E-state index >= 15 is 0 Å². The second-order valence-electron chi connectivity index (χ2n) is 6.09. The minimum atomic E-state index is -1.04. The maximum Gasteiger partial charge on any atom is 0.337 e.